The van der Waals surface area contributed by atoms with Gasteiger partial charge in [0.25, 0.3) is 0 Å². The van der Waals surface area contributed by atoms with Gasteiger partial charge in [0, 0.05) is 31.7 Å². The first-order valence-electron chi connectivity index (χ1n) is 11.1. The van der Waals surface area contributed by atoms with Gasteiger partial charge in [0.1, 0.15) is 6.04 Å². The Bertz CT molecular complexity index is 726. The van der Waals surface area contributed by atoms with Crippen molar-refractivity contribution in [3.8, 4) is 0 Å². The minimum absolute atomic E-state index is 0.121. The van der Waals surface area contributed by atoms with Crippen LogP contribution in [-0.2, 0) is 4.79 Å². The lowest BCUT2D eigenvalue weighted by atomic mass is 9.63. The van der Waals surface area contributed by atoms with E-state index < -0.39 is 12.0 Å². The highest BCUT2D eigenvalue weighted by atomic mass is 16.4. The molecule has 3 aliphatic rings. The third kappa shape index (κ3) is 4.27. The summed E-state index contributed by atoms with van der Waals surface area (Å²) in [6.45, 7) is 4.71. The van der Waals surface area contributed by atoms with Crippen molar-refractivity contribution in [3.63, 3.8) is 0 Å². The summed E-state index contributed by atoms with van der Waals surface area (Å²) in [5.41, 5.74) is 1.50. The largest absolute Gasteiger partial charge is 0.480 e. The molecule has 2 saturated heterocycles. The second-order valence-electron chi connectivity index (χ2n) is 9.22. The molecule has 1 spiro atoms. The van der Waals surface area contributed by atoms with Crippen LogP contribution in [0.25, 0.3) is 0 Å². The van der Waals surface area contributed by atoms with Crippen LogP contribution in [-0.4, -0.2) is 58.6 Å². The molecule has 2 heterocycles. The van der Waals surface area contributed by atoms with Gasteiger partial charge in [0.2, 0.25) is 0 Å². The topological polar surface area (TPSA) is 72.9 Å². The predicted octanol–water partition coefficient (Wildman–Crippen LogP) is 3.64. The van der Waals surface area contributed by atoms with E-state index in [1.54, 1.807) is 4.90 Å². The van der Waals surface area contributed by atoms with Gasteiger partial charge in [-0.2, -0.15) is 0 Å². The maximum atomic E-state index is 13.0. The summed E-state index contributed by atoms with van der Waals surface area (Å²) in [6, 6.07) is 10.1. The molecule has 29 heavy (non-hydrogen) atoms. The second kappa shape index (κ2) is 8.34. The third-order valence-corrected chi connectivity index (χ3v) is 7.48. The molecule has 1 saturated carbocycles. The van der Waals surface area contributed by atoms with Gasteiger partial charge in [0.05, 0.1) is 0 Å². The van der Waals surface area contributed by atoms with E-state index in [0.717, 1.165) is 45.2 Å². The van der Waals surface area contributed by atoms with Gasteiger partial charge in [0.15, 0.2) is 0 Å². The Hall–Kier alpha value is -2.08. The van der Waals surface area contributed by atoms with E-state index in [4.69, 9.17) is 0 Å². The molecule has 2 aliphatic heterocycles. The van der Waals surface area contributed by atoms with Gasteiger partial charge in [-0.05, 0) is 56.4 Å². The molecule has 4 rings (SSSR count). The SMILES string of the molecule is CC(c1ccccc1)N1CCC(NC(=O)N2CC3(CCC3)CCC2C(=O)O)CC1. The standard InChI is InChI=1S/C23H33N3O3/c1-17(18-6-3-2-4-7-18)25-14-9-19(10-15-25)24-22(29)26-16-23(11-5-12-23)13-8-20(26)21(27)28/h2-4,6-7,17,19-20H,5,8-16H2,1H3,(H,24,29)(H,27,28). The van der Waals surface area contributed by atoms with Crippen LogP contribution in [0.4, 0.5) is 4.79 Å². The normalized spacial score (nSPS) is 26.0. The molecule has 6 heteroatoms. The molecular formula is C23H33N3O3. The van der Waals surface area contributed by atoms with E-state index >= 15 is 0 Å². The van der Waals surface area contributed by atoms with Gasteiger partial charge in [-0.1, -0.05) is 36.8 Å². The number of urea groups is 1. The Labute approximate surface area is 173 Å². The summed E-state index contributed by atoms with van der Waals surface area (Å²) in [7, 11) is 0. The Kier molecular flexibility index (Phi) is 5.81. The zero-order valence-corrected chi connectivity index (χ0v) is 17.3. The number of carbonyl (C=O) groups is 2. The molecule has 1 aliphatic carbocycles. The first-order chi connectivity index (χ1) is 14.0. The van der Waals surface area contributed by atoms with E-state index in [1.165, 1.54) is 12.0 Å². The van der Waals surface area contributed by atoms with Crippen molar-refractivity contribution in [1.29, 1.82) is 0 Å². The predicted molar refractivity (Wildman–Crippen MR) is 112 cm³/mol. The first kappa shape index (κ1) is 20.2. The van der Waals surface area contributed by atoms with Crippen molar-refractivity contribution in [2.45, 2.75) is 70.0 Å². The van der Waals surface area contributed by atoms with E-state index in [-0.39, 0.29) is 17.5 Å². The summed E-state index contributed by atoms with van der Waals surface area (Å²) in [6.07, 6.45) is 6.77. The van der Waals surface area contributed by atoms with Crippen LogP contribution < -0.4 is 5.32 Å². The molecule has 1 aromatic rings. The fourth-order valence-electron chi connectivity index (χ4n) is 5.34. The number of hydrogen-bond donors (Lipinski definition) is 2. The van der Waals surface area contributed by atoms with Gasteiger partial charge >= 0.3 is 12.0 Å². The number of nitrogens with zero attached hydrogens (tertiary/aromatic N) is 2. The average Bonchev–Trinajstić information content (AvgIpc) is 2.72. The van der Waals surface area contributed by atoms with Crippen molar-refractivity contribution in [2.75, 3.05) is 19.6 Å². The average molecular weight is 400 g/mol. The minimum Gasteiger partial charge on any atom is -0.480 e. The minimum atomic E-state index is -0.874. The molecule has 158 valence electrons. The highest BCUT2D eigenvalue weighted by Gasteiger charge is 2.47. The fourth-order valence-corrected chi connectivity index (χ4v) is 5.34. The second-order valence-corrected chi connectivity index (χ2v) is 9.22. The molecule has 0 aromatic heterocycles. The molecular weight excluding hydrogens is 366 g/mol. The number of amides is 2. The highest BCUT2D eigenvalue weighted by molar-refractivity contribution is 5.83. The lowest BCUT2D eigenvalue weighted by Crippen LogP contribution is -2.60. The summed E-state index contributed by atoms with van der Waals surface area (Å²) < 4.78 is 0. The number of aliphatic carboxylic acids is 1. The van der Waals surface area contributed by atoms with Crippen LogP contribution in [0.2, 0.25) is 0 Å². The van der Waals surface area contributed by atoms with Gasteiger partial charge < -0.3 is 15.3 Å². The van der Waals surface area contributed by atoms with Crippen molar-refractivity contribution in [1.82, 2.24) is 15.1 Å². The molecule has 2 N–H and O–H groups in total. The van der Waals surface area contributed by atoms with E-state index in [1.807, 2.05) is 6.07 Å². The quantitative estimate of drug-likeness (QED) is 0.811. The maximum absolute atomic E-state index is 13.0. The number of likely N-dealkylation sites (tertiary alicyclic amines) is 2. The number of carboxylic acids is 1. The number of benzene rings is 1. The molecule has 1 aromatic carbocycles. The molecule has 6 nitrogen and oxygen atoms in total. The van der Waals surface area contributed by atoms with Gasteiger partial charge in [-0.25, -0.2) is 9.59 Å². The van der Waals surface area contributed by atoms with E-state index in [0.29, 0.717) is 19.0 Å². The van der Waals surface area contributed by atoms with Crippen LogP contribution in [0.1, 0.15) is 63.5 Å². The lowest BCUT2D eigenvalue weighted by Gasteiger charge is -2.51. The molecule has 3 fully saturated rings. The summed E-state index contributed by atoms with van der Waals surface area (Å²) >= 11 is 0. The van der Waals surface area contributed by atoms with E-state index in [2.05, 4.69) is 41.4 Å². The Morgan fingerprint density at radius 2 is 1.79 bits per heavy atom. The van der Waals surface area contributed by atoms with Gasteiger partial charge in [-0.15, -0.1) is 0 Å². The van der Waals surface area contributed by atoms with Gasteiger partial charge in [-0.3, -0.25) is 4.90 Å². The van der Waals surface area contributed by atoms with Crippen molar-refractivity contribution >= 4 is 12.0 Å². The van der Waals surface area contributed by atoms with Crippen LogP contribution >= 0.6 is 0 Å². The Morgan fingerprint density at radius 3 is 2.38 bits per heavy atom. The Balaban J connectivity index is 1.32. The monoisotopic (exact) mass is 399 g/mol. The number of piperidine rings is 2. The summed E-state index contributed by atoms with van der Waals surface area (Å²) in [5, 5.41) is 12.8. The number of nitrogens with one attached hydrogen (secondary N) is 1. The number of carbonyl (C=O) groups excluding carboxylic acids is 1. The van der Waals surface area contributed by atoms with Crippen molar-refractivity contribution < 1.29 is 14.7 Å². The first-order valence-corrected chi connectivity index (χ1v) is 11.1. The Morgan fingerprint density at radius 1 is 1.10 bits per heavy atom. The lowest BCUT2D eigenvalue weighted by molar-refractivity contribution is -0.145. The van der Waals surface area contributed by atoms with Crippen molar-refractivity contribution in [3.05, 3.63) is 35.9 Å². The number of rotatable bonds is 4. The van der Waals surface area contributed by atoms with Crippen LogP contribution in [0, 0.1) is 5.41 Å². The summed E-state index contributed by atoms with van der Waals surface area (Å²) in [5.74, 6) is -0.874. The zero-order valence-electron chi connectivity index (χ0n) is 17.3. The van der Waals surface area contributed by atoms with Crippen LogP contribution in [0.3, 0.4) is 0 Å². The molecule has 2 amide bonds. The van der Waals surface area contributed by atoms with E-state index in [9.17, 15) is 14.7 Å². The van der Waals surface area contributed by atoms with Crippen LogP contribution in [0.5, 0.6) is 0 Å². The molecule has 2 unspecified atom stereocenters. The molecule has 2 atom stereocenters. The summed E-state index contributed by atoms with van der Waals surface area (Å²) in [4.78, 5) is 28.8. The molecule has 0 radical (unpaired) electrons. The smallest absolute Gasteiger partial charge is 0.326 e. The maximum Gasteiger partial charge on any atom is 0.326 e. The van der Waals surface area contributed by atoms with Crippen LogP contribution in [0.15, 0.2) is 30.3 Å². The molecule has 0 bridgehead atoms. The number of carboxylic acid groups (broad SMARTS) is 1. The zero-order chi connectivity index (χ0) is 20.4. The van der Waals surface area contributed by atoms with Crippen molar-refractivity contribution in [2.24, 2.45) is 5.41 Å². The fraction of sp³-hybridized carbons (Fsp3) is 0.652. The number of hydrogen-bond acceptors (Lipinski definition) is 3. The third-order valence-electron chi connectivity index (χ3n) is 7.48. The highest BCUT2D eigenvalue weighted by Crippen LogP contribution is 2.48.